The molecule has 0 bridgehead atoms. The molecule has 4 nitrogen and oxygen atoms in total. The van der Waals surface area contributed by atoms with Gasteiger partial charge in [0.2, 0.25) is 0 Å². The first-order valence-corrected chi connectivity index (χ1v) is 5.79. The first-order valence-electron chi connectivity index (χ1n) is 4.64. The molecule has 78 valence electrons. The van der Waals surface area contributed by atoms with Crippen molar-refractivity contribution in [1.82, 2.24) is 9.97 Å². The van der Waals surface area contributed by atoms with Gasteiger partial charge in [-0.2, -0.15) is 11.8 Å². The van der Waals surface area contributed by atoms with Gasteiger partial charge in [0.15, 0.2) is 0 Å². The number of rotatable bonds is 5. The molecular weight excluding hydrogens is 196 g/mol. The fourth-order valence-electron chi connectivity index (χ4n) is 1.04. The molecule has 1 aromatic rings. The van der Waals surface area contributed by atoms with Gasteiger partial charge in [-0.05, 0) is 12.7 Å². The number of nitrogen functional groups attached to an aromatic ring is 1. The van der Waals surface area contributed by atoms with Crippen molar-refractivity contribution in [3.63, 3.8) is 0 Å². The standard InChI is InChI=1S/C9H16N4S/c1-3-14-5-7(2)13-9-4-8(10)11-6-12-9/h4,6-7H,3,5H2,1-2H3,(H3,10,11,12,13). The second-order valence-electron chi connectivity index (χ2n) is 3.03. The molecule has 0 aliphatic heterocycles. The van der Waals surface area contributed by atoms with Crippen molar-refractivity contribution in [3.8, 4) is 0 Å². The first-order chi connectivity index (χ1) is 6.72. The molecule has 0 fully saturated rings. The van der Waals surface area contributed by atoms with Gasteiger partial charge in [0, 0.05) is 17.9 Å². The smallest absolute Gasteiger partial charge is 0.131 e. The van der Waals surface area contributed by atoms with E-state index in [1.165, 1.54) is 6.33 Å². The molecular formula is C9H16N4S. The summed E-state index contributed by atoms with van der Waals surface area (Å²) in [7, 11) is 0. The van der Waals surface area contributed by atoms with Gasteiger partial charge in [-0.15, -0.1) is 0 Å². The highest BCUT2D eigenvalue weighted by molar-refractivity contribution is 7.99. The van der Waals surface area contributed by atoms with Crippen LogP contribution in [-0.4, -0.2) is 27.5 Å². The van der Waals surface area contributed by atoms with Gasteiger partial charge < -0.3 is 11.1 Å². The van der Waals surface area contributed by atoms with Crippen molar-refractivity contribution in [2.75, 3.05) is 22.6 Å². The van der Waals surface area contributed by atoms with E-state index in [2.05, 4.69) is 29.1 Å². The summed E-state index contributed by atoms with van der Waals surface area (Å²) in [5.41, 5.74) is 5.54. The summed E-state index contributed by atoms with van der Waals surface area (Å²) < 4.78 is 0. The van der Waals surface area contributed by atoms with Crippen LogP contribution < -0.4 is 11.1 Å². The number of thioether (sulfide) groups is 1. The fraction of sp³-hybridized carbons (Fsp3) is 0.556. The van der Waals surface area contributed by atoms with E-state index < -0.39 is 0 Å². The van der Waals surface area contributed by atoms with Crippen LogP contribution in [0, 0.1) is 0 Å². The van der Waals surface area contributed by atoms with E-state index in [0.29, 0.717) is 11.9 Å². The lowest BCUT2D eigenvalue weighted by Gasteiger charge is -2.13. The molecule has 1 atom stereocenters. The molecule has 0 saturated heterocycles. The summed E-state index contributed by atoms with van der Waals surface area (Å²) in [5, 5.41) is 3.27. The van der Waals surface area contributed by atoms with Gasteiger partial charge in [-0.1, -0.05) is 6.92 Å². The summed E-state index contributed by atoms with van der Waals surface area (Å²) in [5.74, 6) is 3.50. The minimum absolute atomic E-state index is 0.397. The Labute approximate surface area is 88.7 Å². The summed E-state index contributed by atoms with van der Waals surface area (Å²) in [6.45, 7) is 4.28. The lowest BCUT2D eigenvalue weighted by Crippen LogP contribution is -2.19. The number of aromatic nitrogens is 2. The van der Waals surface area contributed by atoms with E-state index in [9.17, 15) is 0 Å². The second kappa shape index (κ2) is 5.70. The molecule has 1 rings (SSSR count). The van der Waals surface area contributed by atoms with Crippen LogP contribution in [0.5, 0.6) is 0 Å². The third kappa shape index (κ3) is 3.83. The van der Waals surface area contributed by atoms with E-state index in [4.69, 9.17) is 5.73 Å². The van der Waals surface area contributed by atoms with Crippen molar-refractivity contribution in [1.29, 1.82) is 0 Å². The molecule has 0 radical (unpaired) electrons. The molecule has 3 N–H and O–H groups in total. The maximum absolute atomic E-state index is 5.54. The van der Waals surface area contributed by atoms with Crippen LogP contribution in [0.2, 0.25) is 0 Å². The molecule has 0 saturated carbocycles. The molecule has 5 heteroatoms. The number of hydrogen-bond donors (Lipinski definition) is 2. The Bertz CT molecular complexity index is 279. The van der Waals surface area contributed by atoms with Crippen molar-refractivity contribution < 1.29 is 0 Å². The van der Waals surface area contributed by atoms with E-state index in [-0.39, 0.29) is 0 Å². The Morgan fingerprint density at radius 1 is 1.57 bits per heavy atom. The number of hydrogen-bond acceptors (Lipinski definition) is 5. The zero-order valence-corrected chi connectivity index (χ0v) is 9.34. The predicted molar refractivity (Wildman–Crippen MR) is 62.5 cm³/mol. The third-order valence-electron chi connectivity index (χ3n) is 1.65. The molecule has 14 heavy (non-hydrogen) atoms. The topological polar surface area (TPSA) is 63.8 Å². The van der Waals surface area contributed by atoms with Crippen LogP contribution in [0.25, 0.3) is 0 Å². The second-order valence-corrected chi connectivity index (χ2v) is 4.35. The van der Waals surface area contributed by atoms with Crippen LogP contribution in [0.15, 0.2) is 12.4 Å². The summed E-state index contributed by atoms with van der Waals surface area (Å²) in [4.78, 5) is 7.91. The Balaban J connectivity index is 2.43. The highest BCUT2D eigenvalue weighted by atomic mass is 32.2. The van der Waals surface area contributed by atoms with Gasteiger partial charge in [0.05, 0.1) is 0 Å². The van der Waals surface area contributed by atoms with Crippen LogP contribution in [0.4, 0.5) is 11.6 Å². The summed E-state index contributed by atoms with van der Waals surface area (Å²) in [6.07, 6.45) is 1.47. The summed E-state index contributed by atoms with van der Waals surface area (Å²) >= 11 is 1.90. The van der Waals surface area contributed by atoms with Crippen LogP contribution in [-0.2, 0) is 0 Å². The van der Waals surface area contributed by atoms with Gasteiger partial charge in [0.1, 0.15) is 18.0 Å². The maximum Gasteiger partial charge on any atom is 0.131 e. The first kappa shape index (κ1) is 11.1. The van der Waals surface area contributed by atoms with Gasteiger partial charge >= 0.3 is 0 Å². The molecule has 1 aromatic heterocycles. The van der Waals surface area contributed by atoms with Crippen LogP contribution in [0.1, 0.15) is 13.8 Å². The SMILES string of the molecule is CCSCC(C)Nc1cc(N)ncn1. The molecule has 0 aromatic carbocycles. The van der Waals surface area contributed by atoms with Crippen molar-refractivity contribution >= 4 is 23.4 Å². The minimum atomic E-state index is 0.397. The molecule has 0 aliphatic carbocycles. The van der Waals surface area contributed by atoms with Gasteiger partial charge in [-0.3, -0.25) is 0 Å². The maximum atomic E-state index is 5.54. The van der Waals surface area contributed by atoms with E-state index in [1.54, 1.807) is 6.07 Å². The third-order valence-corrected chi connectivity index (χ3v) is 2.80. The predicted octanol–water partition coefficient (Wildman–Crippen LogP) is 1.61. The van der Waals surface area contributed by atoms with Crippen molar-refractivity contribution in [2.45, 2.75) is 19.9 Å². The Morgan fingerprint density at radius 3 is 3.00 bits per heavy atom. The van der Waals surface area contributed by atoms with E-state index >= 15 is 0 Å². The van der Waals surface area contributed by atoms with E-state index in [0.717, 1.165) is 17.3 Å². The minimum Gasteiger partial charge on any atom is -0.384 e. The fourth-order valence-corrected chi connectivity index (χ4v) is 1.71. The normalized spacial score (nSPS) is 12.4. The molecule has 0 aliphatic rings. The Kier molecular flexibility index (Phi) is 4.52. The highest BCUT2D eigenvalue weighted by Gasteiger charge is 2.02. The molecule has 0 spiro atoms. The number of nitrogens with zero attached hydrogens (tertiary/aromatic N) is 2. The number of nitrogens with one attached hydrogen (secondary N) is 1. The molecule has 1 unspecified atom stereocenters. The van der Waals surface area contributed by atoms with Crippen LogP contribution >= 0.6 is 11.8 Å². The largest absolute Gasteiger partial charge is 0.384 e. The zero-order chi connectivity index (χ0) is 10.4. The average molecular weight is 212 g/mol. The lowest BCUT2D eigenvalue weighted by molar-refractivity contribution is 0.899. The Morgan fingerprint density at radius 2 is 2.36 bits per heavy atom. The number of nitrogens with two attached hydrogens (primary N) is 1. The molecule has 1 heterocycles. The highest BCUT2D eigenvalue weighted by Crippen LogP contribution is 2.09. The van der Waals surface area contributed by atoms with Crippen molar-refractivity contribution in [2.24, 2.45) is 0 Å². The van der Waals surface area contributed by atoms with Gasteiger partial charge in [0.25, 0.3) is 0 Å². The van der Waals surface area contributed by atoms with Gasteiger partial charge in [-0.25, -0.2) is 9.97 Å². The molecule has 0 amide bonds. The zero-order valence-electron chi connectivity index (χ0n) is 8.53. The number of anilines is 2. The Hall–Kier alpha value is -0.970. The monoisotopic (exact) mass is 212 g/mol. The van der Waals surface area contributed by atoms with Crippen LogP contribution in [0.3, 0.4) is 0 Å². The quantitative estimate of drug-likeness (QED) is 0.776. The summed E-state index contributed by atoms with van der Waals surface area (Å²) in [6, 6.07) is 2.14. The lowest BCUT2D eigenvalue weighted by atomic mass is 10.4. The average Bonchev–Trinajstić information content (AvgIpc) is 2.15. The van der Waals surface area contributed by atoms with Crippen molar-refractivity contribution in [3.05, 3.63) is 12.4 Å². The van der Waals surface area contributed by atoms with E-state index in [1.807, 2.05) is 11.8 Å².